The number of ketones is 1. The van der Waals surface area contributed by atoms with Crippen molar-refractivity contribution in [1.82, 2.24) is 19.8 Å². The van der Waals surface area contributed by atoms with Crippen molar-refractivity contribution >= 4 is 11.4 Å². The van der Waals surface area contributed by atoms with Gasteiger partial charge in [0.1, 0.15) is 11.5 Å². The number of carbonyl (C=O) groups excluding carboxylic acids is 1. The van der Waals surface area contributed by atoms with E-state index in [4.69, 9.17) is 4.52 Å². The summed E-state index contributed by atoms with van der Waals surface area (Å²) in [4.78, 5) is 16.0. The van der Waals surface area contributed by atoms with Gasteiger partial charge in [0.15, 0.2) is 11.4 Å². The SMILES string of the molecule is CC(=O)c1cnn2c(C)cc(-c3cc(C)on3)nc12. The van der Waals surface area contributed by atoms with E-state index in [9.17, 15) is 4.79 Å². The third-order valence-corrected chi connectivity index (χ3v) is 2.92. The third-order valence-electron chi connectivity index (χ3n) is 2.92. The molecule has 96 valence electrons. The van der Waals surface area contributed by atoms with Crippen molar-refractivity contribution < 1.29 is 9.32 Å². The van der Waals surface area contributed by atoms with Crippen LogP contribution in [0, 0.1) is 13.8 Å². The number of hydrogen-bond acceptors (Lipinski definition) is 5. The van der Waals surface area contributed by atoms with Crippen LogP contribution in [-0.2, 0) is 0 Å². The van der Waals surface area contributed by atoms with Gasteiger partial charge in [-0.1, -0.05) is 5.16 Å². The zero-order valence-electron chi connectivity index (χ0n) is 10.8. The number of hydrogen-bond donors (Lipinski definition) is 0. The number of aryl methyl sites for hydroxylation is 2. The Morgan fingerprint density at radius 3 is 2.68 bits per heavy atom. The highest BCUT2D eigenvalue weighted by atomic mass is 16.5. The molecule has 0 aliphatic carbocycles. The van der Waals surface area contributed by atoms with E-state index in [0.717, 1.165) is 11.5 Å². The van der Waals surface area contributed by atoms with Crippen LogP contribution in [0.5, 0.6) is 0 Å². The summed E-state index contributed by atoms with van der Waals surface area (Å²) >= 11 is 0. The summed E-state index contributed by atoms with van der Waals surface area (Å²) in [6, 6.07) is 3.67. The standard InChI is InChI=1S/C13H12N4O2/c1-7-4-11(12-5-8(2)19-16-12)15-13-10(9(3)18)6-14-17(7)13/h4-6H,1-3H3. The van der Waals surface area contributed by atoms with Gasteiger partial charge in [0, 0.05) is 11.8 Å². The Kier molecular flexibility index (Phi) is 2.45. The van der Waals surface area contributed by atoms with Crippen LogP contribution in [0.4, 0.5) is 0 Å². The Labute approximate surface area is 109 Å². The molecule has 0 bridgehead atoms. The van der Waals surface area contributed by atoms with Crippen LogP contribution in [-0.4, -0.2) is 25.5 Å². The maximum absolute atomic E-state index is 11.6. The zero-order chi connectivity index (χ0) is 13.6. The minimum Gasteiger partial charge on any atom is -0.361 e. The van der Waals surface area contributed by atoms with Crippen LogP contribution in [0.2, 0.25) is 0 Å². The fraction of sp³-hybridized carbons (Fsp3) is 0.231. The van der Waals surface area contributed by atoms with E-state index in [2.05, 4.69) is 15.2 Å². The molecule has 0 saturated carbocycles. The van der Waals surface area contributed by atoms with Crippen molar-refractivity contribution in [2.24, 2.45) is 0 Å². The van der Waals surface area contributed by atoms with Crippen molar-refractivity contribution in [3.8, 4) is 11.4 Å². The number of Topliss-reactive ketones (excluding diaryl/α,β-unsaturated/α-hetero) is 1. The lowest BCUT2D eigenvalue weighted by Crippen LogP contribution is -2.00. The second-order valence-electron chi connectivity index (χ2n) is 4.46. The van der Waals surface area contributed by atoms with E-state index in [1.54, 1.807) is 4.52 Å². The minimum absolute atomic E-state index is 0.0598. The molecule has 0 aliphatic heterocycles. The minimum atomic E-state index is -0.0598. The maximum atomic E-state index is 11.6. The molecule has 6 heteroatoms. The lowest BCUT2D eigenvalue weighted by Gasteiger charge is -2.02. The highest BCUT2D eigenvalue weighted by molar-refractivity contribution is 5.99. The van der Waals surface area contributed by atoms with Gasteiger partial charge in [-0.3, -0.25) is 4.79 Å². The Bertz CT molecular complexity index is 785. The van der Waals surface area contributed by atoms with E-state index in [-0.39, 0.29) is 5.78 Å². The van der Waals surface area contributed by atoms with E-state index < -0.39 is 0 Å². The summed E-state index contributed by atoms with van der Waals surface area (Å²) in [5.74, 6) is 0.657. The second kappa shape index (κ2) is 4.01. The van der Waals surface area contributed by atoms with Gasteiger partial charge in [-0.2, -0.15) is 5.10 Å². The molecule has 3 aromatic rings. The average molecular weight is 256 g/mol. The summed E-state index contributed by atoms with van der Waals surface area (Å²) in [6.45, 7) is 5.23. The van der Waals surface area contributed by atoms with Gasteiger partial charge >= 0.3 is 0 Å². The molecular formula is C13H12N4O2. The molecule has 0 saturated heterocycles. The highest BCUT2D eigenvalue weighted by Crippen LogP contribution is 2.20. The fourth-order valence-corrected chi connectivity index (χ4v) is 1.98. The Hall–Kier alpha value is -2.50. The maximum Gasteiger partial charge on any atom is 0.166 e. The summed E-state index contributed by atoms with van der Waals surface area (Å²) < 4.78 is 6.70. The molecule has 0 aliphatic rings. The Morgan fingerprint density at radius 1 is 1.26 bits per heavy atom. The molecule has 0 aromatic carbocycles. The quantitative estimate of drug-likeness (QED) is 0.657. The summed E-state index contributed by atoms with van der Waals surface area (Å²) in [6.07, 6.45) is 1.54. The molecule has 0 atom stereocenters. The first-order valence-corrected chi connectivity index (χ1v) is 5.86. The number of nitrogens with zero attached hydrogens (tertiary/aromatic N) is 4. The van der Waals surface area contributed by atoms with E-state index in [1.807, 2.05) is 26.0 Å². The second-order valence-corrected chi connectivity index (χ2v) is 4.46. The van der Waals surface area contributed by atoms with Gasteiger partial charge < -0.3 is 4.52 Å². The molecular weight excluding hydrogens is 244 g/mol. The van der Waals surface area contributed by atoms with Crippen molar-refractivity contribution in [1.29, 1.82) is 0 Å². The number of rotatable bonds is 2. The van der Waals surface area contributed by atoms with Crippen LogP contribution >= 0.6 is 0 Å². The van der Waals surface area contributed by atoms with Crippen molar-refractivity contribution in [3.05, 3.63) is 35.3 Å². The molecule has 0 unspecified atom stereocenters. The van der Waals surface area contributed by atoms with Crippen LogP contribution < -0.4 is 0 Å². The zero-order valence-corrected chi connectivity index (χ0v) is 10.8. The molecule has 0 spiro atoms. The molecule has 3 rings (SSSR count). The Balaban J connectivity index is 2.27. The molecule has 0 radical (unpaired) electrons. The topological polar surface area (TPSA) is 73.3 Å². The van der Waals surface area contributed by atoms with Crippen LogP contribution in [0.3, 0.4) is 0 Å². The molecule has 3 heterocycles. The van der Waals surface area contributed by atoms with Gasteiger partial charge in [0.05, 0.1) is 17.5 Å². The molecule has 3 aromatic heterocycles. The predicted octanol–water partition coefficient (Wildman–Crippen LogP) is 2.20. The van der Waals surface area contributed by atoms with Gasteiger partial charge in [0.25, 0.3) is 0 Å². The summed E-state index contributed by atoms with van der Waals surface area (Å²) in [7, 11) is 0. The molecule has 19 heavy (non-hydrogen) atoms. The highest BCUT2D eigenvalue weighted by Gasteiger charge is 2.14. The molecule has 0 N–H and O–H groups in total. The first-order valence-electron chi connectivity index (χ1n) is 5.86. The first kappa shape index (κ1) is 11.6. The van der Waals surface area contributed by atoms with E-state index in [1.165, 1.54) is 13.1 Å². The smallest absolute Gasteiger partial charge is 0.166 e. The molecule has 0 fully saturated rings. The van der Waals surface area contributed by atoms with Crippen LogP contribution in [0.1, 0.15) is 28.7 Å². The van der Waals surface area contributed by atoms with Crippen LogP contribution in [0.25, 0.3) is 17.0 Å². The van der Waals surface area contributed by atoms with Crippen molar-refractivity contribution in [2.45, 2.75) is 20.8 Å². The largest absolute Gasteiger partial charge is 0.361 e. The van der Waals surface area contributed by atoms with Gasteiger partial charge in [-0.05, 0) is 26.8 Å². The molecule has 0 amide bonds. The summed E-state index contributed by atoms with van der Waals surface area (Å²) in [5.41, 5.74) is 3.25. The average Bonchev–Trinajstić information content (AvgIpc) is 2.94. The number of aromatic nitrogens is 4. The van der Waals surface area contributed by atoms with Gasteiger partial charge in [-0.25, -0.2) is 9.50 Å². The monoisotopic (exact) mass is 256 g/mol. The molecule has 6 nitrogen and oxygen atoms in total. The van der Waals surface area contributed by atoms with Crippen molar-refractivity contribution in [3.63, 3.8) is 0 Å². The lowest BCUT2D eigenvalue weighted by atomic mass is 10.2. The van der Waals surface area contributed by atoms with E-state index in [0.29, 0.717) is 22.6 Å². The van der Waals surface area contributed by atoms with Crippen LogP contribution in [0.15, 0.2) is 22.9 Å². The predicted molar refractivity (Wildman–Crippen MR) is 68.0 cm³/mol. The number of carbonyl (C=O) groups is 1. The lowest BCUT2D eigenvalue weighted by molar-refractivity contribution is 0.101. The summed E-state index contributed by atoms with van der Waals surface area (Å²) in [5, 5.41) is 8.11. The van der Waals surface area contributed by atoms with Gasteiger partial charge in [-0.15, -0.1) is 0 Å². The van der Waals surface area contributed by atoms with Gasteiger partial charge in [0.2, 0.25) is 0 Å². The number of fused-ring (bicyclic) bond motifs is 1. The fourth-order valence-electron chi connectivity index (χ4n) is 1.98. The normalized spacial score (nSPS) is 11.1. The van der Waals surface area contributed by atoms with E-state index >= 15 is 0 Å². The van der Waals surface area contributed by atoms with Crippen molar-refractivity contribution in [2.75, 3.05) is 0 Å². The third kappa shape index (κ3) is 1.81. The first-order chi connectivity index (χ1) is 9.06. The Morgan fingerprint density at radius 2 is 2.05 bits per heavy atom.